The lowest BCUT2D eigenvalue weighted by atomic mass is 10.1. The van der Waals surface area contributed by atoms with Crippen LogP contribution in [0.4, 0.5) is 0 Å². The molecule has 0 amide bonds. The van der Waals surface area contributed by atoms with E-state index < -0.39 is 0 Å². The summed E-state index contributed by atoms with van der Waals surface area (Å²) in [4.78, 5) is 4.46. The van der Waals surface area contributed by atoms with E-state index >= 15 is 0 Å². The zero-order valence-corrected chi connectivity index (χ0v) is 11.6. The number of aromatic nitrogens is 2. The molecule has 0 saturated heterocycles. The van der Waals surface area contributed by atoms with E-state index in [-0.39, 0.29) is 0 Å². The first kappa shape index (κ1) is 12.9. The zero-order valence-electron chi connectivity index (χ0n) is 11.6. The number of benzene rings is 1. The van der Waals surface area contributed by atoms with Gasteiger partial charge in [-0.15, -0.1) is 0 Å². The van der Waals surface area contributed by atoms with Crippen molar-refractivity contribution in [2.24, 2.45) is 0 Å². The van der Waals surface area contributed by atoms with Gasteiger partial charge in [0.05, 0.1) is 5.56 Å². The molecule has 0 aliphatic heterocycles. The number of fused-ring (bicyclic) bond motifs is 1. The smallest absolute Gasteiger partial charge is 0.228 e. The van der Waals surface area contributed by atoms with Crippen molar-refractivity contribution in [2.45, 2.75) is 25.8 Å². The normalized spacial score (nSPS) is 12.9. The van der Waals surface area contributed by atoms with Crippen molar-refractivity contribution in [2.75, 3.05) is 7.05 Å². The second-order valence-electron chi connectivity index (χ2n) is 4.76. The van der Waals surface area contributed by atoms with Crippen molar-refractivity contribution >= 4 is 11.0 Å². The maximum atomic E-state index is 5.50. The molecule has 0 aliphatic rings. The predicted octanol–water partition coefficient (Wildman–Crippen LogP) is 3.02. The third kappa shape index (κ3) is 2.32. The number of rotatable bonds is 5. The molecule has 1 aromatic carbocycles. The van der Waals surface area contributed by atoms with Crippen LogP contribution in [0.3, 0.4) is 0 Å². The Balaban J connectivity index is 1.90. The minimum Gasteiger partial charge on any atom is -0.464 e. The van der Waals surface area contributed by atoms with E-state index in [4.69, 9.17) is 8.94 Å². The molecule has 0 aliphatic carbocycles. The number of likely N-dealkylation sites (N-methyl/N-ethyl adjacent to an activating group) is 1. The van der Waals surface area contributed by atoms with Crippen molar-refractivity contribution in [3.8, 4) is 11.4 Å². The van der Waals surface area contributed by atoms with Crippen molar-refractivity contribution in [1.29, 1.82) is 0 Å². The van der Waals surface area contributed by atoms with E-state index in [2.05, 4.69) is 22.4 Å². The predicted molar refractivity (Wildman–Crippen MR) is 76.3 cm³/mol. The molecule has 1 N–H and O–H groups in total. The molecule has 0 radical (unpaired) electrons. The second kappa shape index (κ2) is 5.46. The van der Waals surface area contributed by atoms with Crippen LogP contribution < -0.4 is 5.32 Å². The standard InChI is InChI=1S/C15H17N3O2/c1-3-10(16-2)8-14-17-15(18-20-14)12-9-19-13-7-5-4-6-11(12)13/h4-7,9-10,16H,3,8H2,1-2H3. The summed E-state index contributed by atoms with van der Waals surface area (Å²) < 4.78 is 10.8. The number of furan rings is 1. The highest BCUT2D eigenvalue weighted by atomic mass is 16.5. The highest BCUT2D eigenvalue weighted by Gasteiger charge is 2.16. The Kier molecular flexibility index (Phi) is 3.52. The van der Waals surface area contributed by atoms with E-state index in [1.807, 2.05) is 31.3 Å². The molecule has 0 bridgehead atoms. The lowest BCUT2D eigenvalue weighted by molar-refractivity contribution is 0.359. The third-order valence-corrected chi connectivity index (χ3v) is 3.51. The maximum absolute atomic E-state index is 5.50. The summed E-state index contributed by atoms with van der Waals surface area (Å²) in [5.41, 5.74) is 1.70. The van der Waals surface area contributed by atoms with Crippen molar-refractivity contribution < 1.29 is 8.94 Å². The molecule has 2 aromatic heterocycles. The van der Waals surface area contributed by atoms with Gasteiger partial charge in [0, 0.05) is 17.8 Å². The molecule has 5 nitrogen and oxygen atoms in total. The molecule has 0 saturated carbocycles. The molecular formula is C15H17N3O2. The molecule has 1 unspecified atom stereocenters. The van der Waals surface area contributed by atoms with E-state index in [9.17, 15) is 0 Å². The van der Waals surface area contributed by atoms with Gasteiger partial charge in [-0.05, 0) is 19.5 Å². The van der Waals surface area contributed by atoms with E-state index in [1.165, 1.54) is 0 Å². The maximum Gasteiger partial charge on any atom is 0.228 e. The van der Waals surface area contributed by atoms with Gasteiger partial charge < -0.3 is 14.3 Å². The topological polar surface area (TPSA) is 64.1 Å². The van der Waals surface area contributed by atoms with Gasteiger partial charge in [-0.2, -0.15) is 4.98 Å². The van der Waals surface area contributed by atoms with Crippen LogP contribution in [0.5, 0.6) is 0 Å². The van der Waals surface area contributed by atoms with Crippen molar-refractivity contribution in [3.63, 3.8) is 0 Å². The largest absolute Gasteiger partial charge is 0.464 e. The minimum absolute atomic E-state index is 0.351. The summed E-state index contributed by atoms with van der Waals surface area (Å²) in [5, 5.41) is 8.28. The average molecular weight is 271 g/mol. The molecule has 1 atom stereocenters. The van der Waals surface area contributed by atoms with Crippen LogP contribution in [0.15, 0.2) is 39.5 Å². The SMILES string of the molecule is CCC(Cc1nc(-c2coc3ccccc23)no1)NC. The summed E-state index contributed by atoms with van der Waals surface area (Å²) in [6.07, 6.45) is 3.42. The van der Waals surface area contributed by atoms with Crippen LogP contribution in [0.2, 0.25) is 0 Å². The molecule has 5 heteroatoms. The van der Waals surface area contributed by atoms with Gasteiger partial charge >= 0.3 is 0 Å². The number of hydrogen-bond acceptors (Lipinski definition) is 5. The molecule has 20 heavy (non-hydrogen) atoms. The summed E-state index contributed by atoms with van der Waals surface area (Å²) in [7, 11) is 1.94. The first-order valence-electron chi connectivity index (χ1n) is 6.78. The highest BCUT2D eigenvalue weighted by Crippen LogP contribution is 2.28. The van der Waals surface area contributed by atoms with E-state index in [0.29, 0.717) is 17.8 Å². The monoisotopic (exact) mass is 271 g/mol. The fraction of sp³-hybridized carbons (Fsp3) is 0.333. The summed E-state index contributed by atoms with van der Waals surface area (Å²) >= 11 is 0. The molecule has 3 rings (SSSR count). The number of nitrogens with zero attached hydrogens (tertiary/aromatic N) is 2. The lowest BCUT2D eigenvalue weighted by Crippen LogP contribution is -2.26. The Bertz CT molecular complexity index is 698. The van der Waals surface area contributed by atoms with Crippen LogP contribution in [-0.2, 0) is 6.42 Å². The Morgan fingerprint density at radius 2 is 2.15 bits per heavy atom. The van der Waals surface area contributed by atoms with Gasteiger partial charge in [0.2, 0.25) is 11.7 Å². The van der Waals surface area contributed by atoms with Gasteiger partial charge in [0.15, 0.2) is 0 Å². The Hall–Kier alpha value is -2.14. The van der Waals surface area contributed by atoms with Crippen LogP contribution >= 0.6 is 0 Å². The van der Waals surface area contributed by atoms with Crippen LogP contribution in [0.25, 0.3) is 22.4 Å². The van der Waals surface area contributed by atoms with Crippen molar-refractivity contribution in [1.82, 2.24) is 15.5 Å². The molecule has 2 heterocycles. The fourth-order valence-corrected chi connectivity index (χ4v) is 2.26. The molecular weight excluding hydrogens is 254 g/mol. The Labute approximate surface area is 117 Å². The average Bonchev–Trinajstić information content (AvgIpc) is 3.11. The van der Waals surface area contributed by atoms with Gasteiger partial charge in [0.1, 0.15) is 11.8 Å². The van der Waals surface area contributed by atoms with Crippen LogP contribution in [0.1, 0.15) is 19.2 Å². The van der Waals surface area contributed by atoms with E-state index in [1.54, 1.807) is 6.26 Å². The van der Waals surface area contributed by atoms with Crippen LogP contribution in [-0.4, -0.2) is 23.2 Å². The first-order chi connectivity index (χ1) is 9.81. The first-order valence-corrected chi connectivity index (χ1v) is 6.78. The number of para-hydroxylation sites is 1. The summed E-state index contributed by atoms with van der Waals surface area (Å²) in [6.45, 7) is 2.13. The van der Waals surface area contributed by atoms with Gasteiger partial charge in [-0.25, -0.2) is 0 Å². The Morgan fingerprint density at radius 3 is 2.95 bits per heavy atom. The van der Waals surface area contributed by atoms with Gasteiger partial charge in [0.25, 0.3) is 0 Å². The summed E-state index contributed by atoms with van der Waals surface area (Å²) in [5.74, 6) is 1.22. The van der Waals surface area contributed by atoms with Gasteiger partial charge in [-0.1, -0.05) is 30.3 Å². The quantitative estimate of drug-likeness (QED) is 0.772. The third-order valence-electron chi connectivity index (χ3n) is 3.51. The highest BCUT2D eigenvalue weighted by molar-refractivity contribution is 5.91. The van der Waals surface area contributed by atoms with Crippen LogP contribution in [0, 0.1) is 0 Å². The van der Waals surface area contributed by atoms with Gasteiger partial charge in [-0.3, -0.25) is 0 Å². The lowest BCUT2D eigenvalue weighted by Gasteiger charge is -2.09. The number of nitrogens with one attached hydrogen (secondary N) is 1. The summed E-state index contributed by atoms with van der Waals surface area (Å²) in [6, 6.07) is 8.18. The molecule has 3 aromatic rings. The number of hydrogen-bond donors (Lipinski definition) is 1. The molecule has 0 fully saturated rings. The fourth-order valence-electron chi connectivity index (χ4n) is 2.26. The molecule has 104 valence electrons. The minimum atomic E-state index is 0.351. The second-order valence-corrected chi connectivity index (χ2v) is 4.76. The Morgan fingerprint density at radius 1 is 1.30 bits per heavy atom. The van der Waals surface area contributed by atoms with E-state index in [0.717, 1.165) is 29.4 Å². The zero-order chi connectivity index (χ0) is 13.9. The van der Waals surface area contributed by atoms with Crippen molar-refractivity contribution in [3.05, 3.63) is 36.4 Å². The molecule has 0 spiro atoms.